The molecule has 3 rings (SSSR count). The van der Waals surface area contributed by atoms with Crippen molar-refractivity contribution >= 4 is 5.91 Å². The lowest BCUT2D eigenvalue weighted by Gasteiger charge is -2.33. The summed E-state index contributed by atoms with van der Waals surface area (Å²) in [6.07, 6.45) is 5.37. The van der Waals surface area contributed by atoms with Crippen LogP contribution in [0.5, 0.6) is 5.75 Å². The van der Waals surface area contributed by atoms with Crippen molar-refractivity contribution in [3.05, 3.63) is 53.5 Å². The number of carbonyl (C=O) groups excluding carboxylic acids is 1. The molecule has 1 aromatic carbocycles. The minimum absolute atomic E-state index is 0.0651. The van der Waals surface area contributed by atoms with E-state index in [4.69, 9.17) is 9.15 Å². The second-order valence-corrected chi connectivity index (χ2v) is 6.75. The van der Waals surface area contributed by atoms with Crippen LogP contribution in [-0.4, -0.2) is 37.0 Å². The molecule has 0 aliphatic carbocycles. The van der Waals surface area contributed by atoms with Crippen LogP contribution in [0.3, 0.4) is 0 Å². The molecule has 0 spiro atoms. The average molecular weight is 356 g/mol. The Morgan fingerprint density at radius 2 is 2.08 bits per heavy atom. The molecule has 5 nitrogen and oxygen atoms in total. The van der Waals surface area contributed by atoms with E-state index in [1.807, 2.05) is 44.2 Å². The van der Waals surface area contributed by atoms with Crippen molar-refractivity contribution in [2.24, 2.45) is 0 Å². The summed E-state index contributed by atoms with van der Waals surface area (Å²) in [6.45, 7) is 7.16. The van der Waals surface area contributed by atoms with Crippen molar-refractivity contribution in [3.8, 4) is 5.75 Å². The van der Waals surface area contributed by atoms with Crippen molar-refractivity contribution in [2.75, 3.05) is 26.2 Å². The highest BCUT2D eigenvalue weighted by Gasteiger charge is 2.25. The Labute approximate surface area is 155 Å². The first-order valence-electron chi connectivity index (χ1n) is 9.48. The molecule has 0 saturated carbocycles. The number of furan rings is 1. The largest absolute Gasteiger partial charge is 0.494 e. The molecule has 1 aromatic heterocycles. The lowest BCUT2D eigenvalue weighted by molar-refractivity contribution is 0.0914. The number of amides is 1. The first kappa shape index (κ1) is 18.5. The number of hydrogen-bond acceptors (Lipinski definition) is 4. The summed E-state index contributed by atoms with van der Waals surface area (Å²) >= 11 is 0. The van der Waals surface area contributed by atoms with Crippen LogP contribution in [0, 0.1) is 6.92 Å². The number of likely N-dealkylation sites (tertiary alicyclic amines) is 1. The number of ether oxygens (including phenoxy) is 1. The van der Waals surface area contributed by atoms with Crippen LogP contribution in [0.4, 0.5) is 0 Å². The third-order valence-electron chi connectivity index (χ3n) is 4.90. The molecule has 1 fully saturated rings. The van der Waals surface area contributed by atoms with E-state index in [1.54, 1.807) is 6.26 Å². The maximum atomic E-state index is 12.6. The van der Waals surface area contributed by atoms with Gasteiger partial charge in [0.15, 0.2) is 0 Å². The predicted molar refractivity (Wildman–Crippen MR) is 102 cm³/mol. The van der Waals surface area contributed by atoms with Gasteiger partial charge < -0.3 is 14.5 Å². The first-order chi connectivity index (χ1) is 12.7. The summed E-state index contributed by atoms with van der Waals surface area (Å²) in [5.74, 6) is 1.67. The molecular weight excluding hydrogens is 328 g/mol. The fourth-order valence-corrected chi connectivity index (χ4v) is 3.52. The minimum Gasteiger partial charge on any atom is -0.494 e. The number of hydrogen-bond donors (Lipinski definition) is 1. The van der Waals surface area contributed by atoms with Crippen molar-refractivity contribution in [1.82, 2.24) is 10.2 Å². The van der Waals surface area contributed by atoms with Crippen molar-refractivity contribution in [2.45, 2.75) is 39.2 Å². The van der Waals surface area contributed by atoms with E-state index in [0.717, 1.165) is 30.2 Å². The Hall–Kier alpha value is -2.27. The molecule has 2 heterocycles. The van der Waals surface area contributed by atoms with Crippen molar-refractivity contribution in [3.63, 3.8) is 0 Å². The maximum Gasteiger partial charge on any atom is 0.251 e. The predicted octanol–water partition coefficient (Wildman–Crippen LogP) is 3.94. The molecule has 1 aliphatic rings. The summed E-state index contributed by atoms with van der Waals surface area (Å²) < 4.78 is 11.2. The Kier molecular flexibility index (Phi) is 6.34. The quantitative estimate of drug-likeness (QED) is 0.816. The van der Waals surface area contributed by atoms with Gasteiger partial charge in [0.05, 0.1) is 18.9 Å². The normalized spacial score (nSPS) is 16.2. The number of benzene rings is 1. The van der Waals surface area contributed by atoms with E-state index in [2.05, 4.69) is 10.2 Å². The van der Waals surface area contributed by atoms with Crippen LogP contribution in [0.1, 0.15) is 53.9 Å². The minimum atomic E-state index is -0.0651. The lowest BCUT2D eigenvalue weighted by atomic mass is 10.1. The Morgan fingerprint density at radius 3 is 2.73 bits per heavy atom. The van der Waals surface area contributed by atoms with Gasteiger partial charge in [-0.05, 0) is 75.7 Å². The van der Waals surface area contributed by atoms with Crippen molar-refractivity contribution in [1.29, 1.82) is 0 Å². The summed E-state index contributed by atoms with van der Waals surface area (Å²) in [5.41, 5.74) is 1.63. The van der Waals surface area contributed by atoms with Crippen molar-refractivity contribution < 1.29 is 13.9 Å². The van der Waals surface area contributed by atoms with Crippen LogP contribution in [0.25, 0.3) is 0 Å². The van der Waals surface area contributed by atoms with Gasteiger partial charge in [0.1, 0.15) is 11.5 Å². The number of nitrogens with zero attached hydrogens (tertiary/aromatic N) is 1. The number of rotatable bonds is 7. The number of aryl methyl sites for hydroxylation is 1. The van der Waals surface area contributed by atoms with Crippen LogP contribution in [0.2, 0.25) is 0 Å². The number of nitrogens with one attached hydrogen (secondary N) is 1. The van der Waals surface area contributed by atoms with Crippen LogP contribution in [0.15, 0.2) is 41.0 Å². The van der Waals surface area contributed by atoms with Gasteiger partial charge >= 0.3 is 0 Å². The zero-order valence-corrected chi connectivity index (χ0v) is 15.7. The molecule has 1 atom stereocenters. The highest BCUT2D eigenvalue weighted by Crippen LogP contribution is 2.25. The standard InChI is InChI=1S/C21H28N2O3/c1-3-25-19-10-9-17(14-16(19)2)21(24)22-15-18(20-8-7-13-26-20)23-11-5-4-6-12-23/h7-10,13-14,18H,3-6,11-12,15H2,1-2H3,(H,22,24). The summed E-state index contributed by atoms with van der Waals surface area (Å²) in [7, 11) is 0. The number of carbonyl (C=O) groups is 1. The van der Waals surface area contributed by atoms with Crippen LogP contribution < -0.4 is 10.1 Å². The topological polar surface area (TPSA) is 54.7 Å². The second kappa shape index (κ2) is 8.90. The number of piperidine rings is 1. The highest BCUT2D eigenvalue weighted by atomic mass is 16.5. The molecule has 0 radical (unpaired) electrons. The van der Waals surface area contributed by atoms with E-state index in [9.17, 15) is 4.79 Å². The van der Waals surface area contributed by atoms with Gasteiger partial charge in [0, 0.05) is 12.1 Å². The summed E-state index contributed by atoms with van der Waals surface area (Å²) in [6, 6.07) is 9.54. The van der Waals surface area contributed by atoms with Gasteiger partial charge in [-0.15, -0.1) is 0 Å². The van der Waals surface area contributed by atoms with Crippen LogP contribution >= 0.6 is 0 Å². The van der Waals surface area contributed by atoms with E-state index in [-0.39, 0.29) is 11.9 Å². The fourth-order valence-electron chi connectivity index (χ4n) is 3.52. The molecule has 1 N–H and O–H groups in total. The second-order valence-electron chi connectivity index (χ2n) is 6.75. The zero-order valence-electron chi connectivity index (χ0n) is 15.7. The molecule has 1 amide bonds. The van der Waals surface area contributed by atoms with Gasteiger partial charge in [-0.3, -0.25) is 9.69 Å². The highest BCUT2D eigenvalue weighted by molar-refractivity contribution is 5.94. The third kappa shape index (κ3) is 4.47. The van der Waals surface area contributed by atoms with Gasteiger partial charge in [-0.2, -0.15) is 0 Å². The smallest absolute Gasteiger partial charge is 0.251 e. The Morgan fingerprint density at radius 1 is 1.27 bits per heavy atom. The van der Waals surface area contributed by atoms with E-state index in [1.165, 1.54) is 19.3 Å². The van der Waals surface area contributed by atoms with E-state index < -0.39 is 0 Å². The monoisotopic (exact) mass is 356 g/mol. The molecular formula is C21H28N2O3. The summed E-state index contributed by atoms with van der Waals surface area (Å²) in [5, 5.41) is 3.08. The third-order valence-corrected chi connectivity index (χ3v) is 4.90. The van der Waals surface area contributed by atoms with Gasteiger partial charge in [-0.25, -0.2) is 0 Å². The maximum absolute atomic E-state index is 12.6. The van der Waals surface area contributed by atoms with Gasteiger partial charge in [-0.1, -0.05) is 6.42 Å². The summed E-state index contributed by atoms with van der Waals surface area (Å²) in [4.78, 5) is 15.0. The van der Waals surface area contributed by atoms with E-state index >= 15 is 0 Å². The molecule has 26 heavy (non-hydrogen) atoms. The molecule has 2 aromatic rings. The lowest BCUT2D eigenvalue weighted by Crippen LogP contribution is -2.40. The molecule has 1 unspecified atom stereocenters. The average Bonchev–Trinajstić information content (AvgIpc) is 3.19. The Balaban J connectivity index is 1.66. The molecule has 140 valence electrons. The SMILES string of the molecule is CCOc1ccc(C(=O)NCC(c2ccco2)N2CCCCC2)cc1C. The molecule has 1 aliphatic heterocycles. The van der Waals surface area contributed by atoms with Gasteiger partial charge in [0.2, 0.25) is 0 Å². The Bertz CT molecular complexity index is 706. The molecule has 1 saturated heterocycles. The first-order valence-corrected chi connectivity index (χ1v) is 9.48. The molecule has 5 heteroatoms. The van der Waals surface area contributed by atoms with E-state index in [0.29, 0.717) is 18.7 Å². The van der Waals surface area contributed by atoms with Gasteiger partial charge in [0.25, 0.3) is 5.91 Å². The fraction of sp³-hybridized carbons (Fsp3) is 0.476. The molecule has 0 bridgehead atoms. The van der Waals surface area contributed by atoms with Crippen LogP contribution in [-0.2, 0) is 0 Å². The zero-order chi connectivity index (χ0) is 18.4.